The van der Waals surface area contributed by atoms with E-state index in [2.05, 4.69) is 10.6 Å². The molecule has 0 aliphatic heterocycles. The van der Waals surface area contributed by atoms with E-state index in [4.69, 9.17) is 9.47 Å². The number of benzene rings is 2. The van der Waals surface area contributed by atoms with Gasteiger partial charge in [0.2, 0.25) is 0 Å². The highest BCUT2D eigenvalue weighted by Gasteiger charge is 2.31. The maximum atomic E-state index is 12.9. The maximum Gasteiger partial charge on any atom is 0.329 e. The van der Waals surface area contributed by atoms with Crippen LogP contribution in [-0.4, -0.2) is 48.0 Å². The number of carbonyl (C=O) groups is 4. The van der Waals surface area contributed by atoms with E-state index in [1.807, 2.05) is 88.4 Å². The molecule has 0 spiro atoms. The van der Waals surface area contributed by atoms with Crippen molar-refractivity contribution >= 4 is 23.8 Å². The van der Waals surface area contributed by atoms with Crippen LogP contribution in [0.2, 0.25) is 0 Å². The number of esters is 2. The van der Waals surface area contributed by atoms with Crippen molar-refractivity contribution in [3.05, 3.63) is 71.8 Å². The number of hydrogen-bond donors (Lipinski definition) is 2. The number of carbonyl (C=O) groups excluding carboxylic acids is 4. The second-order valence-electron chi connectivity index (χ2n) is 10.2. The zero-order valence-electron chi connectivity index (χ0n) is 23.1. The van der Waals surface area contributed by atoms with Crippen LogP contribution in [0.25, 0.3) is 0 Å². The Labute approximate surface area is 225 Å². The van der Waals surface area contributed by atoms with E-state index in [1.165, 1.54) is 0 Å². The van der Waals surface area contributed by atoms with Gasteiger partial charge < -0.3 is 20.1 Å². The zero-order chi connectivity index (χ0) is 28.2. The Bertz CT molecular complexity index is 969. The first-order chi connectivity index (χ1) is 18.0. The number of ether oxygens (including phenoxy) is 2. The molecule has 2 aromatic rings. The summed E-state index contributed by atoms with van der Waals surface area (Å²) in [5.41, 5.74) is 1.58. The highest BCUT2D eigenvalue weighted by molar-refractivity contribution is 6.35. The van der Waals surface area contributed by atoms with E-state index < -0.39 is 35.8 Å². The van der Waals surface area contributed by atoms with Gasteiger partial charge in [-0.05, 0) is 36.8 Å². The third-order valence-electron chi connectivity index (χ3n) is 6.43. The molecule has 0 fully saturated rings. The minimum Gasteiger partial charge on any atom is -0.461 e. The van der Waals surface area contributed by atoms with Crippen LogP contribution in [0.5, 0.6) is 0 Å². The second-order valence-corrected chi connectivity index (χ2v) is 10.2. The molecule has 0 aromatic heterocycles. The lowest BCUT2D eigenvalue weighted by Crippen LogP contribution is -2.53. The molecule has 2 aromatic carbocycles. The highest BCUT2D eigenvalue weighted by atomic mass is 16.5. The Morgan fingerprint density at radius 3 is 1.18 bits per heavy atom. The van der Waals surface area contributed by atoms with Crippen LogP contribution in [-0.2, 0) is 41.5 Å². The Morgan fingerprint density at radius 2 is 0.895 bits per heavy atom. The largest absolute Gasteiger partial charge is 0.461 e. The lowest BCUT2D eigenvalue weighted by atomic mass is 10.0. The molecule has 2 N–H and O–H groups in total. The van der Waals surface area contributed by atoms with Crippen molar-refractivity contribution in [3.8, 4) is 0 Å². The molecule has 0 bridgehead atoms. The fraction of sp³-hybridized carbons (Fsp3) is 0.467. The molecule has 8 nitrogen and oxygen atoms in total. The first-order valence-corrected chi connectivity index (χ1v) is 13.1. The summed E-state index contributed by atoms with van der Waals surface area (Å²) in [6.07, 6.45) is -0.463. The Morgan fingerprint density at radius 1 is 0.579 bits per heavy atom. The van der Waals surface area contributed by atoms with Gasteiger partial charge in [0.25, 0.3) is 0 Å². The quantitative estimate of drug-likeness (QED) is 0.324. The normalized spacial score (nSPS) is 14.2. The molecule has 0 saturated carbocycles. The molecule has 206 valence electrons. The topological polar surface area (TPSA) is 111 Å². The van der Waals surface area contributed by atoms with Crippen molar-refractivity contribution in [2.75, 3.05) is 0 Å². The number of nitrogens with one attached hydrogen (secondary N) is 2. The monoisotopic (exact) mass is 524 g/mol. The molecule has 2 rings (SSSR count). The molecule has 0 aliphatic carbocycles. The van der Waals surface area contributed by atoms with Crippen molar-refractivity contribution in [2.24, 2.45) is 11.8 Å². The van der Waals surface area contributed by atoms with Crippen LogP contribution in [0.4, 0.5) is 0 Å². The minimum atomic E-state index is -1.09. The number of hydrogen-bond acceptors (Lipinski definition) is 6. The van der Waals surface area contributed by atoms with Crippen molar-refractivity contribution < 1.29 is 28.7 Å². The molecule has 0 heterocycles. The van der Waals surface area contributed by atoms with Crippen LogP contribution in [0.1, 0.15) is 52.7 Å². The summed E-state index contributed by atoms with van der Waals surface area (Å²) in [5.74, 6) is -3.20. The molecule has 2 unspecified atom stereocenters. The van der Waals surface area contributed by atoms with Crippen LogP contribution in [0, 0.1) is 11.8 Å². The first-order valence-electron chi connectivity index (χ1n) is 13.1. The molecular weight excluding hydrogens is 484 g/mol. The van der Waals surface area contributed by atoms with Crippen LogP contribution in [0.3, 0.4) is 0 Å². The second kappa shape index (κ2) is 14.9. The molecule has 38 heavy (non-hydrogen) atoms. The fourth-order valence-electron chi connectivity index (χ4n) is 3.34. The predicted octanol–water partition coefficient (Wildman–Crippen LogP) is 3.62. The van der Waals surface area contributed by atoms with Gasteiger partial charge in [-0.15, -0.1) is 0 Å². The van der Waals surface area contributed by atoms with Gasteiger partial charge in [-0.1, -0.05) is 88.4 Å². The third-order valence-corrected chi connectivity index (χ3v) is 6.43. The highest BCUT2D eigenvalue weighted by Crippen LogP contribution is 2.12. The average molecular weight is 525 g/mol. The van der Waals surface area contributed by atoms with E-state index >= 15 is 0 Å². The van der Waals surface area contributed by atoms with E-state index in [9.17, 15) is 19.2 Å². The molecule has 0 radical (unpaired) electrons. The summed E-state index contributed by atoms with van der Waals surface area (Å²) in [6, 6.07) is 16.1. The fourth-order valence-corrected chi connectivity index (χ4v) is 3.34. The van der Waals surface area contributed by atoms with Gasteiger partial charge in [-0.2, -0.15) is 0 Å². The van der Waals surface area contributed by atoms with Crippen molar-refractivity contribution in [3.63, 3.8) is 0 Å². The molecule has 0 aliphatic rings. The molecule has 2 amide bonds. The number of amides is 2. The molecular formula is C30H40N2O6. The van der Waals surface area contributed by atoms with Crippen LogP contribution in [0.15, 0.2) is 60.7 Å². The lowest BCUT2D eigenvalue weighted by Gasteiger charge is -2.24. The summed E-state index contributed by atoms with van der Waals surface area (Å²) < 4.78 is 11.1. The standard InChI is InChI=1S/C30H40N2O6/c1-19(2)21(5)37-29(35)25(17-23-13-9-7-10-14-23)31-27(33)28(34)32-26(18-24-15-11-8-12-16-24)30(36)38-22(6)20(3)4/h7-16,19-22,25-26H,17-18H2,1-6H3,(H,31,33)(H,32,34)/t21?,22?,25-,26-/m0/s1. The van der Waals surface area contributed by atoms with Gasteiger partial charge >= 0.3 is 23.8 Å². The Kier molecular flexibility index (Phi) is 12.0. The van der Waals surface area contributed by atoms with Gasteiger partial charge in [0.1, 0.15) is 24.3 Å². The average Bonchev–Trinajstić information content (AvgIpc) is 2.88. The van der Waals surface area contributed by atoms with Gasteiger partial charge in [-0.3, -0.25) is 9.59 Å². The molecule has 4 atom stereocenters. The first kappa shape index (κ1) is 30.5. The van der Waals surface area contributed by atoms with Gasteiger partial charge in [-0.25, -0.2) is 9.59 Å². The molecule has 8 heteroatoms. The van der Waals surface area contributed by atoms with Crippen molar-refractivity contribution in [2.45, 2.75) is 78.7 Å². The van der Waals surface area contributed by atoms with Crippen LogP contribution < -0.4 is 10.6 Å². The zero-order valence-corrected chi connectivity index (χ0v) is 23.1. The van der Waals surface area contributed by atoms with Crippen molar-refractivity contribution in [1.82, 2.24) is 10.6 Å². The Balaban J connectivity index is 2.17. The third kappa shape index (κ3) is 10.00. The smallest absolute Gasteiger partial charge is 0.329 e. The van der Waals surface area contributed by atoms with Crippen LogP contribution >= 0.6 is 0 Å². The summed E-state index contributed by atoms with van der Waals surface area (Å²) in [4.78, 5) is 51.7. The number of rotatable bonds is 12. The predicted molar refractivity (Wildman–Crippen MR) is 145 cm³/mol. The van der Waals surface area contributed by atoms with E-state index in [-0.39, 0.29) is 36.9 Å². The summed E-state index contributed by atoms with van der Waals surface area (Å²) in [7, 11) is 0. The lowest BCUT2D eigenvalue weighted by molar-refractivity contribution is -0.156. The van der Waals surface area contributed by atoms with Gasteiger partial charge in [0.15, 0.2) is 0 Å². The van der Waals surface area contributed by atoms with Gasteiger partial charge in [0, 0.05) is 12.8 Å². The SMILES string of the molecule is CC(C)C(C)OC(=O)[C@H](Cc1ccccc1)NC(=O)C(=O)N[C@@H](Cc1ccccc1)C(=O)OC(C)C(C)C. The van der Waals surface area contributed by atoms with E-state index in [0.717, 1.165) is 11.1 Å². The Hall–Kier alpha value is -3.68. The van der Waals surface area contributed by atoms with Gasteiger partial charge in [0.05, 0.1) is 0 Å². The summed E-state index contributed by atoms with van der Waals surface area (Å²) >= 11 is 0. The van der Waals surface area contributed by atoms with E-state index in [1.54, 1.807) is 13.8 Å². The minimum absolute atomic E-state index is 0.0771. The summed E-state index contributed by atoms with van der Waals surface area (Å²) in [5, 5.41) is 5.00. The summed E-state index contributed by atoms with van der Waals surface area (Å²) in [6.45, 7) is 11.2. The maximum absolute atomic E-state index is 12.9. The van der Waals surface area contributed by atoms with Crippen molar-refractivity contribution in [1.29, 1.82) is 0 Å². The van der Waals surface area contributed by atoms with E-state index in [0.29, 0.717) is 0 Å². The molecule has 0 saturated heterocycles.